The van der Waals surface area contributed by atoms with Gasteiger partial charge >= 0.3 is 0 Å². The van der Waals surface area contributed by atoms with Crippen molar-refractivity contribution < 1.29 is 13.9 Å². The van der Waals surface area contributed by atoms with Crippen molar-refractivity contribution in [2.75, 3.05) is 13.2 Å². The lowest BCUT2D eigenvalue weighted by Crippen LogP contribution is -2.42. The van der Waals surface area contributed by atoms with Crippen molar-refractivity contribution in [3.05, 3.63) is 0 Å². The Hall–Kier alpha value is -1.15. The number of carbonyl (C=O) groups excluding carboxylic acids is 1. The second kappa shape index (κ2) is 5.69. The number of halogens is 1. The highest BCUT2D eigenvalue weighted by Gasteiger charge is 2.55. The highest BCUT2D eigenvalue weighted by molar-refractivity contribution is 5.77. The maximum absolute atomic E-state index is 13.5. The lowest BCUT2D eigenvalue weighted by Gasteiger charge is -2.40. The number of likely N-dealkylation sites (tertiary alicyclic amines) is 1. The molecule has 4 fully saturated rings. The SMILES string of the molecule is CC1(CCC(=O)N2C[C@@H](F)C[C@H]2C#N)C[C@@H]2CC3(CCO3)C[C@@H]2C1. The van der Waals surface area contributed by atoms with Crippen molar-refractivity contribution >= 4 is 5.91 Å². The van der Waals surface area contributed by atoms with Crippen LogP contribution in [0.1, 0.15) is 58.3 Å². The van der Waals surface area contributed by atoms with Crippen LogP contribution in [-0.4, -0.2) is 41.8 Å². The van der Waals surface area contributed by atoms with E-state index in [1.165, 1.54) is 37.0 Å². The molecule has 0 radical (unpaired) electrons. The molecule has 1 spiro atoms. The molecule has 6 atom stereocenters. The molecule has 0 aromatic carbocycles. The van der Waals surface area contributed by atoms with E-state index >= 15 is 0 Å². The smallest absolute Gasteiger partial charge is 0.223 e. The maximum Gasteiger partial charge on any atom is 0.223 e. The van der Waals surface area contributed by atoms with Crippen LogP contribution in [0.25, 0.3) is 0 Å². The molecule has 0 N–H and O–H groups in total. The molecule has 5 heteroatoms. The predicted molar refractivity (Wildman–Crippen MR) is 86.7 cm³/mol. The van der Waals surface area contributed by atoms with Gasteiger partial charge in [0.05, 0.1) is 24.8 Å². The molecule has 2 heterocycles. The first kappa shape index (κ1) is 16.3. The van der Waals surface area contributed by atoms with Crippen molar-refractivity contribution in [3.63, 3.8) is 0 Å². The van der Waals surface area contributed by atoms with Crippen LogP contribution >= 0.6 is 0 Å². The van der Waals surface area contributed by atoms with Gasteiger partial charge in [-0.15, -0.1) is 0 Å². The number of ether oxygens (including phenoxy) is 1. The van der Waals surface area contributed by atoms with Crippen molar-refractivity contribution in [3.8, 4) is 6.07 Å². The van der Waals surface area contributed by atoms with Crippen LogP contribution in [0, 0.1) is 28.6 Å². The zero-order valence-electron chi connectivity index (χ0n) is 14.5. The number of carbonyl (C=O) groups is 1. The number of hydrogen-bond donors (Lipinski definition) is 0. The van der Waals surface area contributed by atoms with E-state index in [4.69, 9.17) is 10.00 Å². The monoisotopic (exact) mass is 334 g/mol. The number of rotatable bonds is 3. The van der Waals surface area contributed by atoms with E-state index in [9.17, 15) is 9.18 Å². The molecule has 2 unspecified atom stereocenters. The minimum Gasteiger partial charge on any atom is -0.375 e. The molecule has 132 valence electrons. The Labute approximate surface area is 143 Å². The van der Waals surface area contributed by atoms with Gasteiger partial charge in [-0.2, -0.15) is 5.26 Å². The summed E-state index contributed by atoms with van der Waals surface area (Å²) in [6.45, 7) is 3.33. The Kier molecular flexibility index (Phi) is 3.87. The standard InChI is InChI=1S/C19H27FN2O2/c1-18(3-2-17(23)22-12-15(20)6-16(22)11-21)7-13-9-19(4-5-24-19)10-14(13)8-18/h13-16H,2-10,12H2,1H3/t13-,14+,15-,16-,18?,19?/m0/s1. The van der Waals surface area contributed by atoms with Gasteiger partial charge in [-0.05, 0) is 55.8 Å². The Balaban J connectivity index is 1.30. The highest BCUT2D eigenvalue weighted by Crippen LogP contribution is 2.60. The van der Waals surface area contributed by atoms with E-state index < -0.39 is 12.2 Å². The fraction of sp³-hybridized carbons (Fsp3) is 0.895. The summed E-state index contributed by atoms with van der Waals surface area (Å²) in [4.78, 5) is 13.9. The summed E-state index contributed by atoms with van der Waals surface area (Å²) in [5, 5.41) is 9.10. The first-order chi connectivity index (χ1) is 11.4. The van der Waals surface area contributed by atoms with Gasteiger partial charge in [-0.25, -0.2) is 4.39 Å². The molecule has 2 saturated carbocycles. The van der Waals surface area contributed by atoms with E-state index in [0.29, 0.717) is 6.42 Å². The van der Waals surface area contributed by atoms with Gasteiger partial charge in [0.1, 0.15) is 12.2 Å². The van der Waals surface area contributed by atoms with Crippen LogP contribution in [0.15, 0.2) is 0 Å². The lowest BCUT2D eigenvalue weighted by molar-refractivity contribution is -0.147. The molecule has 2 saturated heterocycles. The number of amides is 1. The van der Waals surface area contributed by atoms with E-state index in [1.807, 2.05) is 0 Å². The summed E-state index contributed by atoms with van der Waals surface area (Å²) < 4.78 is 19.4. The molecule has 4 rings (SSSR count). The number of hydrogen-bond acceptors (Lipinski definition) is 3. The van der Waals surface area contributed by atoms with Crippen LogP contribution in [0.5, 0.6) is 0 Å². The van der Waals surface area contributed by atoms with Gasteiger partial charge < -0.3 is 9.64 Å². The molecule has 0 aromatic rings. The first-order valence-corrected chi connectivity index (χ1v) is 9.39. The van der Waals surface area contributed by atoms with Gasteiger partial charge in [-0.1, -0.05) is 6.92 Å². The second-order valence-electron chi connectivity index (χ2n) is 8.95. The molecular weight excluding hydrogens is 307 g/mol. The van der Waals surface area contributed by atoms with Gasteiger partial charge in [0.2, 0.25) is 5.91 Å². The van der Waals surface area contributed by atoms with Crippen LogP contribution in [-0.2, 0) is 9.53 Å². The highest BCUT2D eigenvalue weighted by atomic mass is 19.1. The van der Waals surface area contributed by atoms with Crippen LogP contribution < -0.4 is 0 Å². The van der Waals surface area contributed by atoms with E-state index in [1.54, 1.807) is 0 Å². The van der Waals surface area contributed by atoms with Gasteiger partial charge in [0.25, 0.3) is 0 Å². The molecule has 24 heavy (non-hydrogen) atoms. The van der Waals surface area contributed by atoms with E-state index in [0.717, 1.165) is 24.9 Å². The van der Waals surface area contributed by atoms with E-state index in [-0.39, 0.29) is 29.9 Å². The number of nitrogens with zero attached hydrogens (tertiary/aromatic N) is 2. The topological polar surface area (TPSA) is 53.3 Å². The average Bonchev–Trinajstić information content (AvgIpc) is 3.13. The predicted octanol–water partition coefficient (Wildman–Crippen LogP) is 3.21. The minimum absolute atomic E-state index is 0.0428. The third kappa shape index (κ3) is 2.73. The Morgan fingerprint density at radius 1 is 1.33 bits per heavy atom. The summed E-state index contributed by atoms with van der Waals surface area (Å²) in [6, 6.07) is 1.50. The Morgan fingerprint density at radius 2 is 2.00 bits per heavy atom. The fourth-order valence-corrected chi connectivity index (χ4v) is 5.85. The molecule has 0 aromatic heterocycles. The second-order valence-corrected chi connectivity index (χ2v) is 8.95. The largest absolute Gasteiger partial charge is 0.375 e. The number of nitriles is 1. The molecule has 2 aliphatic carbocycles. The van der Waals surface area contributed by atoms with Crippen molar-refractivity contribution in [1.82, 2.24) is 4.90 Å². The molecule has 4 nitrogen and oxygen atoms in total. The van der Waals surface area contributed by atoms with Crippen molar-refractivity contribution in [2.24, 2.45) is 17.3 Å². The fourth-order valence-electron chi connectivity index (χ4n) is 5.85. The first-order valence-electron chi connectivity index (χ1n) is 9.39. The summed E-state index contributed by atoms with van der Waals surface area (Å²) in [6.07, 6.45) is 6.43. The molecule has 2 aliphatic heterocycles. The van der Waals surface area contributed by atoms with Crippen LogP contribution in [0.2, 0.25) is 0 Å². The van der Waals surface area contributed by atoms with Gasteiger partial charge in [0, 0.05) is 12.8 Å². The minimum atomic E-state index is -1.04. The van der Waals surface area contributed by atoms with E-state index in [2.05, 4.69) is 13.0 Å². The summed E-state index contributed by atoms with van der Waals surface area (Å²) >= 11 is 0. The molecule has 0 bridgehead atoms. The van der Waals surface area contributed by atoms with Crippen LogP contribution in [0.3, 0.4) is 0 Å². The maximum atomic E-state index is 13.5. The van der Waals surface area contributed by atoms with Crippen molar-refractivity contribution in [1.29, 1.82) is 5.26 Å². The molecule has 4 aliphatic rings. The normalized spacial score (nSPS) is 46.8. The Morgan fingerprint density at radius 3 is 2.54 bits per heavy atom. The zero-order valence-corrected chi connectivity index (χ0v) is 14.5. The quantitative estimate of drug-likeness (QED) is 0.796. The average molecular weight is 334 g/mol. The van der Waals surface area contributed by atoms with Gasteiger partial charge in [-0.3, -0.25) is 4.79 Å². The lowest BCUT2D eigenvalue weighted by atomic mass is 9.78. The number of fused-ring (bicyclic) bond motifs is 1. The van der Waals surface area contributed by atoms with Crippen molar-refractivity contribution in [2.45, 2.75) is 76.1 Å². The third-order valence-electron chi connectivity index (χ3n) is 7.07. The molecule has 1 amide bonds. The molecular formula is C19H27FN2O2. The summed E-state index contributed by atoms with van der Waals surface area (Å²) in [7, 11) is 0. The Bertz CT molecular complexity index is 552. The summed E-state index contributed by atoms with van der Waals surface area (Å²) in [5.41, 5.74) is 0.422. The third-order valence-corrected chi connectivity index (χ3v) is 7.07. The van der Waals surface area contributed by atoms with Gasteiger partial charge in [0.15, 0.2) is 0 Å². The van der Waals surface area contributed by atoms with Crippen LogP contribution in [0.4, 0.5) is 4.39 Å². The summed E-state index contributed by atoms with van der Waals surface area (Å²) in [5.74, 6) is 1.46. The zero-order chi connectivity index (χ0) is 16.9. The number of alkyl halides is 1.